The number of benzene rings is 2. The normalized spacial score (nSPS) is 14.3. The molecule has 0 saturated heterocycles. The molecular weight excluding hydrogens is 394 g/mol. The van der Waals surface area contributed by atoms with Crippen LogP contribution >= 0.6 is 0 Å². The van der Waals surface area contributed by atoms with E-state index in [9.17, 15) is 13.2 Å². The van der Waals surface area contributed by atoms with Gasteiger partial charge in [0.25, 0.3) is 0 Å². The molecule has 1 aliphatic rings. The van der Waals surface area contributed by atoms with Crippen molar-refractivity contribution in [3.63, 3.8) is 0 Å². The van der Waals surface area contributed by atoms with Crippen LogP contribution in [0.15, 0.2) is 48.5 Å². The minimum absolute atomic E-state index is 0.334. The Bertz CT molecular complexity index is 963. The van der Waals surface area contributed by atoms with Crippen LogP contribution in [0.5, 0.6) is 11.5 Å². The average Bonchev–Trinajstić information content (AvgIpc) is 2.72. The number of carbonyl (C=O) groups is 1. The molecule has 156 valence electrons. The molecule has 0 spiro atoms. The molecule has 0 saturated carbocycles. The summed E-state index contributed by atoms with van der Waals surface area (Å²) in [5.41, 5.74) is 1.26. The number of fused-ring (bicyclic) bond motifs is 1. The van der Waals surface area contributed by atoms with Gasteiger partial charge in [-0.2, -0.15) is 12.7 Å². The number of ether oxygens (including phenoxy) is 2. The average molecular weight is 420 g/mol. The molecule has 2 aromatic rings. The highest BCUT2D eigenvalue weighted by molar-refractivity contribution is 7.90. The number of hydrogen-bond acceptors (Lipinski definition) is 5. The molecule has 0 fully saturated rings. The minimum atomic E-state index is -3.83. The van der Waals surface area contributed by atoms with Gasteiger partial charge < -0.3 is 14.8 Å². The molecule has 0 aliphatic carbocycles. The summed E-state index contributed by atoms with van der Waals surface area (Å²) in [6.07, 6.45) is 0. The first-order valence-electron chi connectivity index (χ1n) is 9.23. The Morgan fingerprint density at radius 1 is 1.07 bits per heavy atom. The van der Waals surface area contributed by atoms with Crippen LogP contribution < -0.4 is 19.1 Å². The summed E-state index contributed by atoms with van der Waals surface area (Å²) < 4.78 is 38.7. The van der Waals surface area contributed by atoms with E-state index in [4.69, 9.17) is 9.47 Å². The van der Waals surface area contributed by atoms with E-state index in [1.165, 1.54) is 14.1 Å². The Balaban J connectivity index is 1.75. The topological polar surface area (TPSA) is 88.2 Å². The van der Waals surface area contributed by atoms with Crippen molar-refractivity contribution < 1.29 is 22.7 Å². The SMILES string of the molecule is CC(NC(=O)CN(c1ccccc1)S(=O)(=O)N(C)C)c1ccc2c(c1)OCCO2. The van der Waals surface area contributed by atoms with Gasteiger partial charge in [-0.05, 0) is 36.8 Å². The molecule has 3 rings (SSSR count). The third kappa shape index (κ3) is 4.80. The summed E-state index contributed by atoms with van der Waals surface area (Å²) >= 11 is 0. The van der Waals surface area contributed by atoms with E-state index < -0.39 is 16.1 Å². The third-order valence-corrected chi connectivity index (χ3v) is 6.33. The van der Waals surface area contributed by atoms with E-state index in [0.29, 0.717) is 30.4 Å². The largest absolute Gasteiger partial charge is 0.486 e. The minimum Gasteiger partial charge on any atom is -0.486 e. The summed E-state index contributed by atoms with van der Waals surface area (Å²) in [6, 6.07) is 13.7. The first-order chi connectivity index (χ1) is 13.8. The van der Waals surface area contributed by atoms with E-state index in [-0.39, 0.29) is 12.6 Å². The zero-order valence-electron chi connectivity index (χ0n) is 16.7. The Hall–Kier alpha value is -2.78. The van der Waals surface area contributed by atoms with Gasteiger partial charge in [0, 0.05) is 14.1 Å². The molecule has 9 heteroatoms. The van der Waals surface area contributed by atoms with Crippen LogP contribution in [0.4, 0.5) is 5.69 Å². The monoisotopic (exact) mass is 419 g/mol. The Morgan fingerprint density at radius 2 is 1.72 bits per heavy atom. The maximum absolute atomic E-state index is 12.7. The Labute approximate surface area is 171 Å². The first-order valence-corrected chi connectivity index (χ1v) is 10.6. The molecule has 1 amide bonds. The lowest BCUT2D eigenvalue weighted by Gasteiger charge is -2.27. The van der Waals surface area contributed by atoms with E-state index in [1.807, 2.05) is 19.1 Å². The van der Waals surface area contributed by atoms with Gasteiger partial charge in [0.05, 0.1) is 11.7 Å². The number of carbonyl (C=O) groups excluding carboxylic acids is 1. The molecule has 2 aromatic carbocycles. The summed E-state index contributed by atoms with van der Waals surface area (Å²) in [5, 5.41) is 2.85. The van der Waals surface area contributed by atoms with E-state index >= 15 is 0 Å². The fourth-order valence-electron chi connectivity index (χ4n) is 2.93. The molecule has 1 N–H and O–H groups in total. The fraction of sp³-hybridized carbons (Fsp3) is 0.350. The van der Waals surface area contributed by atoms with Crippen molar-refractivity contribution >= 4 is 21.8 Å². The van der Waals surface area contributed by atoms with Crippen LogP contribution in [0, 0.1) is 0 Å². The number of anilines is 1. The Morgan fingerprint density at radius 3 is 2.38 bits per heavy atom. The first kappa shape index (κ1) is 20.9. The van der Waals surface area contributed by atoms with Crippen LogP contribution in [0.2, 0.25) is 0 Å². The molecular formula is C20H25N3O5S. The summed E-state index contributed by atoms with van der Waals surface area (Å²) in [5.74, 6) is 0.892. The maximum atomic E-state index is 12.7. The molecule has 0 aromatic heterocycles. The number of hydrogen-bond donors (Lipinski definition) is 1. The van der Waals surface area contributed by atoms with Crippen molar-refractivity contribution in [3.8, 4) is 11.5 Å². The van der Waals surface area contributed by atoms with Crippen molar-refractivity contribution in [3.05, 3.63) is 54.1 Å². The lowest BCUT2D eigenvalue weighted by Crippen LogP contribution is -2.46. The summed E-state index contributed by atoms with van der Waals surface area (Å²) in [6.45, 7) is 2.48. The van der Waals surface area contributed by atoms with Gasteiger partial charge in [0.1, 0.15) is 19.8 Å². The van der Waals surface area contributed by atoms with Gasteiger partial charge in [0.15, 0.2) is 11.5 Å². The van der Waals surface area contributed by atoms with Crippen LogP contribution in [-0.4, -0.2) is 52.5 Å². The van der Waals surface area contributed by atoms with Gasteiger partial charge in [-0.15, -0.1) is 0 Å². The molecule has 1 atom stereocenters. The fourth-order valence-corrected chi connectivity index (χ4v) is 3.99. The molecule has 0 radical (unpaired) electrons. The smallest absolute Gasteiger partial charge is 0.304 e. The second-order valence-corrected chi connectivity index (χ2v) is 8.89. The molecule has 29 heavy (non-hydrogen) atoms. The van der Waals surface area contributed by atoms with Crippen molar-refractivity contribution in [1.29, 1.82) is 0 Å². The van der Waals surface area contributed by atoms with Crippen LogP contribution in [0.3, 0.4) is 0 Å². The number of rotatable bonds is 7. The van der Waals surface area contributed by atoms with Crippen molar-refractivity contribution in [1.82, 2.24) is 9.62 Å². The lowest BCUT2D eigenvalue weighted by molar-refractivity contribution is -0.120. The van der Waals surface area contributed by atoms with Crippen molar-refractivity contribution in [2.24, 2.45) is 0 Å². The van der Waals surface area contributed by atoms with Crippen LogP contribution in [0.1, 0.15) is 18.5 Å². The van der Waals surface area contributed by atoms with E-state index in [1.54, 1.807) is 36.4 Å². The number of nitrogens with one attached hydrogen (secondary N) is 1. The molecule has 1 unspecified atom stereocenters. The standard InChI is InChI=1S/C20H25N3O5S/c1-15(16-9-10-18-19(13-16)28-12-11-27-18)21-20(24)14-23(29(25,26)22(2)3)17-7-5-4-6-8-17/h4-10,13,15H,11-12,14H2,1-3H3,(H,21,24). The second kappa shape index (κ2) is 8.71. The van der Waals surface area contributed by atoms with Gasteiger partial charge in [-0.3, -0.25) is 4.79 Å². The van der Waals surface area contributed by atoms with Gasteiger partial charge in [-0.1, -0.05) is 24.3 Å². The van der Waals surface area contributed by atoms with Crippen molar-refractivity contribution in [2.75, 3.05) is 38.2 Å². The third-order valence-electron chi connectivity index (χ3n) is 4.52. The highest BCUT2D eigenvalue weighted by Gasteiger charge is 2.27. The van der Waals surface area contributed by atoms with Crippen LogP contribution in [0.25, 0.3) is 0 Å². The van der Waals surface area contributed by atoms with Crippen LogP contribution in [-0.2, 0) is 15.0 Å². The van der Waals surface area contributed by atoms with E-state index in [0.717, 1.165) is 14.2 Å². The van der Waals surface area contributed by atoms with Crippen molar-refractivity contribution in [2.45, 2.75) is 13.0 Å². The summed E-state index contributed by atoms with van der Waals surface area (Å²) in [7, 11) is -0.967. The van der Waals surface area contributed by atoms with Gasteiger partial charge >= 0.3 is 10.2 Å². The second-order valence-electron chi connectivity index (χ2n) is 6.82. The predicted octanol–water partition coefficient (Wildman–Crippen LogP) is 1.95. The molecule has 1 aliphatic heterocycles. The number of para-hydroxylation sites is 1. The van der Waals surface area contributed by atoms with Gasteiger partial charge in [0.2, 0.25) is 5.91 Å². The lowest BCUT2D eigenvalue weighted by atomic mass is 10.1. The quantitative estimate of drug-likeness (QED) is 0.741. The number of amides is 1. The zero-order chi connectivity index (χ0) is 21.0. The number of nitrogens with zero attached hydrogens (tertiary/aromatic N) is 2. The highest BCUT2D eigenvalue weighted by atomic mass is 32.2. The van der Waals surface area contributed by atoms with E-state index in [2.05, 4.69) is 5.32 Å². The molecule has 1 heterocycles. The van der Waals surface area contributed by atoms with Gasteiger partial charge in [-0.25, -0.2) is 4.31 Å². The zero-order valence-corrected chi connectivity index (χ0v) is 17.5. The predicted molar refractivity (Wildman–Crippen MR) is 110 cm³/mol. The Kier molecular flexibility index (Phi) is 6.29. The molecule has 0 bridgehead atoms. The summed E-state index contributed by atoms with van der Waals surface area (Å²) in [4.78, 5) is 12.7. The molecule has 8 nitrogen and oxygen atoms in total. The maximum Gasteiger partial charge on any atom is 0.304 e. The highest BCUT2D eigenvalue weighted by Crippen LogP contribution is 2.32.